The summed E-state index contributed by atoms with van der Waals surface area (Å²) in [7, 11) is 4.90. The van der Waals surface area contributed by atoms with E-state index in [0.29, 0.717) is 23.4 Å². The summed E-state index contributed by atoms with van der Waals surface area (Å²) in [5.74, 6) is 0.266. The fourth-order valence-corrected chi connectivity index (χ4v) is 2.89. The zero-order valence-corrected chi connectivity index (χ0v) is 15.2. The van der Waals surface area contributed by atoms with E-state index in [1.807, 2.05) is 0 Å². The third kappa shape index (κ3) is 4.85. The van der Waals surface area contributed by atoms with E-state index >= 15 is 0 Å². The topological polar surface area (TPSA) is 84.7 Å². The van der Waals surface area contributed by atoms with Gasteiger partial charge in [-0.1, -0.05) is 6.42 Å². The van der Waals surface area contributed by atoms with E-state index in [-0.39, 0.29) is 36.2 Å². The average molecular weight is 356 g/mol. The smallest absolute Gasteiger partial charge is 0.253 e. The van der Waals surface area contributed by atoms with Gasteiger partial charge in [0.25, 0.3) is 5.91 Å². The maximum absolute atomic E-state index is 12.4. The second-order valence-corrected chi connectivity index (χ2v) is 6.23. The number of hydrogen-bond acceptors (Lipinski definition) is 4. The van der Waals surface area contributed by atoms with Crippen LogP contribution in [0.3, 0.4) is 0 Å². The fourth-order valence-electron chi connectivity index (χ4n) is 2.89. The molecule has 2 amide bonds. The highest BCUT2D eigenvalue weighted by Gasteiger charge is 2.26. The molecule has 1 aliphatic rings. The van der Waals surface area contributed by atoms with E-state index in [1.54, 1.807) is 32.3 Å². The molecule has 2 rings (SSSR count). The average Bonchev–Trinajstić information content (AvgIpc) is 2.54. The van der Waals surface area contributed by atoms with Crippen LogP contribution >= 0.6 is 12.4 Å². The van der Waals surface area contributed by atoms with Crippen molar-refractivity contribution in [3.63, 3.8) is 0 Å². The number of nitrogens with zero attached hydrogens (tertiary/aromatic N) is 1. The molecule has 24 heavy (non-hydrogen) atoms. The Kier molecular flexibility index (Phi) is 7.51. The van der Waals surface area contributed by atoms with Crippen LogP contribution in [0.1, 0.15) is 36.0 Å². The van der Waals surface area contributed by atoms with Gasteiger partial charge in [0.1, 0.15) is 5.75 Å². The minimum atomic E-state index is -0.112. The second-order valence-electron chi connectivity index (χ2n) is 6.23. The van der Waals surface area contributed by atoms with Crippen molar-refractivity contribution in [2.24, 2.45) is 11.7 Å². The summed E-state index contributed by atoms with van der Waals surface area (Å²) < 4.78 is 5.32. The van der Waals surface area contributed by atoms with Crippen LogP contribution in [0, 0.1) is 5.92 Å². The zero-order chi connectivity index (χ0) is 17.0. The number of nitrogens with one attached hydrogen (secondary N) is 1. The number of benzene rings is 1. The number of nitrogens with two attached hydrogens (primary N) is 1. The third-order valence-corrected chi connectivity index (χ3v) is 4.20. The van der Waals surface area contributed by atoms with Gasteiger partial charge in [-0.3, -0.25) is 9.59 Å². The molecule has 0 bridgehead atoms. The summed E-state index contributed by atoms with van der Waals surface area (Å²) >= 11 is 0. The van der Waals surface area contributed by atoms with Crippen LogP contribution in [0.25, 0.3) is 0 Å². The number of ether oxygens (including phenoxy) is 1. The molecule has 0 heterocycles. The van der Waals surface area contributed by atoms with Crippen molar-refractivity contribution in [1.29, 1.82) is 0 Å². The molecule has 2 unspecified atom stereocenters. The Labute approximate surface area is 149 Å². The van der Waals surface area contributed by atoms with Crippen LogP contribution < -0.4 is 15.8 Å². The van der Waals surface area contributed by atoms with E-state index in [1.165, 1.54) is 12.0 Å². The Hall–Kier alpha value is -1.79. The lowest BCUT2D eigenvalue weighted by Gasteiger charge is -2.26. The molecular weight excluding hydrogens is 330 g/mol. The molecule has 134 valence electrons. The highest BCUT2D eigenvalue weighted by Crippen LogP contribution is 2.29. The van der Waals surface area contributed by atoms with Crippen molar-refractivity contribution in [3.8, 4) is 5.75 Å². The van der Waals surface area contributed by atoms with Crippen LogP contribution in [0.15, 0.2) is 18.2 Å². The van der Waals surface area contributed by atoms with Gasteiger partial charge in [-0.2, -0.15) is 0 Å². The van der Waals surface area contributed by atoms with Gasteiger partial charge in [-0.15, -0.1) is 12.4 Å². The van der Waals surface area contributed by atoms with Gasteiger partial charge < -0.3 is 20.7 Å². The van der Waals surface area contributed by atoms with Gasteiger partial charge in [0.05, 0.1) is 12.8 Å². The van der Waals surface area contributed by atoms with E-state index in [2.05, 4.69) is 5.32 Å². The Balaban J connectivity index is 0.00000288. The zero-order valence-electron chi connectivity index (χ0n) is 14.4. The summed E-state index contributed by atoms with van der Waals surface area (Å²) in [4.78, 5) is 25.9. The fraction of sp³-hybridized carbons (Fsp3) is 0.529. The standard InChI is InChI=1S/C17H25N3O3.ClH/c1-20(2)17(22)12-7-8-14(15(10-12)23-3)19-16(21)11-5-4-6-13(18)9-11;/h7-8,10-11,13H,4-6,9,18H2,1-3H3,(H,19,21);1H. The van der Waals surface area contributed by atoms with Crippen molar-refractivity contribution >= 4 is 29.9 Å². The van der Waals surface area contributed by atoms with Crippen molar-refractivity contribution in [2.75, 3.05) is 26.5 Å². The Morgan fingerprint density at radius 3 is 2.58 bits per heavy atom. The molecular formula is C17H26ClN3O3. The molecule has 1 fully saturated rings. The first-order chi connectivity index (χ1) is 10.9. The molecule has 0 saturated heterocycles. The number of carbonyl (C=O) groups excluding carboxylic acids is 2. The summed E-state index contributed by atoms with van der Waals surface area (Å²) in [5, 5.41) is 2.90. The summed E-state index contributed by atoms with van der Waals surface area (Å²) in [5.41, 5.74) is 7.04. The monoisotopic (exact) mass is 355 g/mol. The van der Waals surface area contributed by atoms with E-state index in [4.69, 9.17) is 10.5 Å². The molecule has 7 heteroatoms. The maximum atomic E-state index is 12.4. The lowest BCUT2D eigenvalue weighted by atomic mass is 9.85. The van der Waals surface area contributed by atoms with E-state index in [0.717, 1.165) is 19.3 Å². The Morgan fingerprint density at radius 2 is 2.00 bits per heavy atom. The number of rotatable bonds is 4. The molecule has 0 radical (unpaired) electrons. The number of anilines is 1. The normalized spacial score (nSPS) is 19.8. The van der Waals surface area contributed by atoms with Crippen molar-refractivity contribution in [2.45, 2.75) is 31.7 Å². The molecule has 1 aliphatic carbocycles. The molecule has 2 atom stereocenters. The second kappa shape index (κ2) is 8.89. The van der Waals surface area contributed by atoms with Crippen LogP contribution in [0.5, 0.6) is 5.75 Å². The number of carbonyl (C=O) groups is 2. The molecule has 1 aromatic carbocycles. The Bertz CT molecular complexity index is 592. The van der Waals surface area contributed by atoms with Crippen LogP contribution in [-0.4, -0.2) is 44.0 Å². The van der Waals surface area contributed by atoms with Crippen LogP contribution in [0.2, 0.25) is 0 Å². The third-order valence-electron chi connectivity index (χ3n) is 4.20. The van der Waals surface area contributed by atoms with Crippen molar-refractivity contribution < 1.29 is 14.3 Å². The molecule has 1 aromatic rings. The minimum Gasteiger partial charge on any atom is -0.495 e. The lowest BCUT2D eigenvalue weighted by Crippen LogP contribution is -2.34. The molecule has 0 aliphatic heterocycles. The maximum Gasteiger partial charge on any atom is 0.253 e. The number of methoxy groups -OCH3 is 1. The van der Waals surface area contributed by atoms with Crippen molar-refractivity contribution in [3.05, 3.63) is 23.8 Å². The largest absolute Gasteiger partial charge is 0.495 e. The van der Waals surface area contributed by atoms with Gasteiger partial charge in [-0.05, 0) is 37.5 Å². The summed E-state index contributed by atoms with van der Waals surface area (Å²) in [6.07, 6.45) is 3.53. The molecule has 0 aromatic heterocycles. The predicted molar refractivity (Wildman–Crippen MR) is 96.8 cm³/mol. The number of amides is 2. The molecule has 3 N–H and O–H groups in total. The summed E-state index contributed by atoms with van der Waals surface area (Å²) in [6.45, 7) is 0. The first-order valence-electron chi connectivity index (χ1n) is 7.88. The van der Waals surface area contributed by atoms with Gasteiger partial charge in [0, 0.05) is 31.6 Å². The van der Waals surface area contributed by atoms with Gasteiger partial charge in [0.2, 0.25) is 5.91 Å². The first-order valence-corrected chi connectivity index (χ1v) is 7.88. The van der Waals surface area contributed by atoms with Crippen LogP contribution in [-0.2, 0) is 4.79 Å². The number of hydrogen-bond donors (Lipinski definition) is 2. The van der Waals surface area contributed by atoms with Gasteiger partial charge in [-0.25, -0.2) is 0 Å². The van der Waals surface area contributed by atoms with E-state index < -0.39 is 0 Å². The molecule has 1 saturated carbocycles. The van der Waals surface area contributed by atoms with E-state index in [9.17, 15) is 9.59 Å². The quantitative estimate of drug-likeness (QED) is 0.867. The number of halogens is 1. The predicted octanol–water partition coefficient (Wildman–Crippen LogP) is 2.27. The minimum absolute atomic E-state index is 0. The lowest BCUT2D eigenvalue weighted by molar-refractivity contribution is -0.120. The van der Waals surface area contributed by atoms with Gasteiger partial charge in [0.15, 0.2) is 0 Å². The Morgan fingerprint density at radius 1 is 1.29 bits per heavy atom. The molecule has 6 nitrogen and oxygen atoms in total. The summed E-state index contributed by atoms with van der Waals surface area (Å²) in [6, 6.07) is 5.13. The SMILES string of the molecule is COc1cc(C(=O)N(C)C)ccc1NC(=O)C1CCCC(N)C1.Cl. The first kappa shape index (κ1) is 20.3. The molecule has 0 spiro atoms. The highest BCUT2D eigenvalue weighted by atomic mass is 35.5. The highest BCUT2D eigenvalue weighted by molar-refractivity contribution is 5.97. The van der Waals surface area contributed by atoms with Gasteiger partial charge >= 0.3 is 0 Å². The van der Waals surface area contributed by atoms with Crippen molar-refractivity contribution in [1.82, 2.24) is 4.90 Å². The van der Waals surface area contributed by atoms with Crippen LogP contribution in [0.4, 0.5) is 5.69 Å².